The van der Waals surface area contributed by atoms with Crippen molar-refractivity contribution in [2.45, 2.75) is 57.9 Å². The average Bonchev–Trinajstić information content (AvgIpc) is 3.10. The van der Waals surface area contributed by atoms with Crippen LogP contribution in [0.15, 0.2) is 12.4 Å². The summed E-state index contributed by atoms with van der Waals surface area (Å²) in [6.07, 6.45) is 11.9. The molecule has 3 rings (SSSR count). The van der Waals surface area contributed by atoms with Crippen LogP contribution in [0.1, 0.15) is 63.7 Å². The van der Waals surface area contributed by atoms with Crippen LogP contribution in [0.3, 0.4) is 0 Å². The lowest BCUT2D eigenvalue weighted by molar-refractivity contribution is -0.149. The summed E-state index contributed by atoms with van der Waals surface area (Å²) < 4.78 is 5.23. The Bertz CT molecular complexity index is 488. The minimum absolute atomic E-state index is 0.0124. The molecule has 0 unspecified atom stereocenters. The summed E-state index contributed by atoms with van der Waals surface area (Å²) in [5.41, 5.74) is 0. The van der Waals surface area contributed by atoms with Crippen molar-refractivity contribution in [3.63, 3.8) is 0 Å². The van der Waals surface area contributed by atoms with E-state index >= 15 is 0 Å². The van der Waals surface area contributed by atoms with Crippen molar-refractivity contribution < 1.29 is 9.53 Å². The topological polar surface area (TPSA) is 58.2 Å². The summed E-state index contributed by atoms with van der Waals surface area (Å²) in [4.78, 5) is 22.4. The lowest BCUT2D eigenvalue weighted by Crippen LogP contribution is -2.39. The van der Waals surface area contributed by atoms with Gasteiger partial charge >= 0.3 is 5.97 Å². The number of rotatable bonds is 5. The number of piperidine rings is 1. The molecular weight excluding hydrogens is 290 g/mol. The van der Waals surface area contributed by atoms with E-state index < -0.39 is 0 Å². The van der Waals surface area contributed by atoms with Gasteiger partial charge in [0, 0.05) is 18.9 Å². The molecule has 2 fully saturated rings. The number of carbonyl (C=O) groups is 1. The van der Waals surface area contributed by atoms with Crippen LogP contribution in [0.2, 0.25) is 0 Å². The lowest BCUT2D eigenvalue weighted by Gasteiger charge is -2.38. The molecule has 0 bridgehead atoms. The zero-order chi connectivity index (χ0) is 16.1. The molecule has 1 aromatic heterocycles. The molecule has 3 atom stereocenters. The van der Waals surface area contributed by atoms with Gasteiger partial charge in [-0.25, -0.2) is 4.98 Å². The monoisotopic (exact) mass is 319 g/mol. The van der Waals surface area contributed by atoms with Crippen molar-refractivity contribution in [2.75, 3.05) is 19.7 Å². The van der Waals surface area contributed by atoms with Gasteiger partial charge in [0.1, 0.15) is 5.82 Å². The molecule has 1 N–H and O–H groups in total. The molecule has 0 radical (unpaired) electrons. The predicted octanol–water partition coefficient (Wildman–Crippen LogP) is 3.31. The molecule has 5 heteroatoms. The van der Waals surface area contributed by atoms with Crippen LogP contribution < -0.4 is 0 Å². The highest BCUT2D eigenvalue weighted by molar-refractivity contribution is 5.72. The molecule has 1 saturated heterocycles. The first-order chi connectivity index (χ1) is 11.3. The van der Waals surface area contributed by atoms with Crippen molar-refractivity contribution in [1.82, 2.24) is 14.9 Å². The second kappa shape index (κ2) is 7.95. The Balaban J connectivity index is 1.59. The molecule has 2 heterocycles. The van der Waals surface area contributed by atoms with E-state index in [0.717, 1.165) is 38.2 Å². The van der Waals surface area contributed by atoms with Gasteiger partial charge in [0.25, 0.3) is 0 Å². The van der Waals surface area contributed by atoms with Gasteiger partial charge in [0.15, 0.2) is 0 Å². The largest absolute Gasteiger partial charge is 0.466 e. The Hall–Kier alpha value is -1.36. The van der Waals surface area contributed by atoms with Gasteiger partial charge in [0.2, 0.25) is 0 Å². The third-order valence-electron chi connectivity index (χ3n) is 5.34. The maximum Gasteiger partial charge on any atom is 0.308 e. The third-order valence-corrected chi connectivity index (χ3v) is 5.34. The van der Waals surface area contributed by atoms with E-state index in [1.807, 2.05) is 19.3 Å². The normalized spacial score (nSPS) is 29.3. The van der Waals surface area contributed by atoms with Crippen molar-refractivity contribution in [3.05, 3.63) is 18.2 Å². The molecular formula is C18H29N3O2. The van der Waals surface area contributed by atoms with E-state index in [1.165, 1.54) is 25.7 Å². The fourth-order valence-electron chi connectivity index (χ4n) is 4.24. The van der Waals surface area contributed by atoms with E-state index in [-0.39, 0.29) is 11.9 Å². The van der Waals surface area contributed by atoms with E-state index in [0.29, 0.717) is 18.6 Å². The van der Waals surface area contributed by atoms with Gasteiger partial charge < -0.3 is 9.72 Å². The highest BCUT2D eigenvalue weighted by Crippen LogP contribution is 2.35. The summed E-state index contributed by atoms with van der Waals surface area (Å²) in [7, 11) is 0. The molecule has 1 aliphatic heterocycles. The second-order valence-electron chi connectivity index (χ2n) is 6.96. The number of ether oxygens (including phenoxy) is 1. The molecule has 2 aliphatic rings. The number of likely N-dealkylation sites (tertiary alicyclic amines) is 1. The number of aromatic nitrogens is 2. The molecule has 23 heavy (non-hydrogen) atoms. The van der Waals surface area contributed by atoms with Crippen LogP contribution in [0.5, 0.6) is 0 Å². The molecule has 0 aromatic carbocycles. The Morgan fingerprint density at radius 1 is 1.35 bits per heavy atom. The number of carbonyl (C=O) groups excluding carboxylic acids is 1. The van der Waals surface area contributed by atoms with E-state index in [9.17, 15) is 4.79 Å². The molecule has 0 amide bonds. The first-order valence-corrected chi connectivity index (χ1v) is 9.18. The number of hydrogen-bond acceptors (Lipinski definition) is 4. The number of nitrogens with one attached hydrogen (secondary N) is 1. The van der Waals surface area contributed by atoms with Crippen molar-refractivity contribution in [1.29, 1.82) is 0 Å². The van der Waals surface area contributed by atoms with Crippen LogP contribution in [0, 0.1) is 11.8 Å². The molecule has 5 nitrogen and oxygen atoms in total. The van der Waals surface area contributed by atoms with Gasteiger partial charge in [-0.1, -0.05) is 12.8 Å². The number of hydrogen-bond donors (Lipinski definition) is 1. The first-order valence-electron chi connectivity index (χ1n) is 9.18. The van der Waals surface area contributed by atoms with Crippen LogP contribution in [-0.4, -0.2) is 40.5 Å². The zero-order valence-corrected chi connectivity index (χ0v) is 14.2. The molecule has 1 aromatic rings. The predicted molar refractivity (Wildman–Crippen MR) is 88.8 cm³/mol. The van der Waals surface area contributed by atoms with Crippen molar-refractivity contribution >= 4 is 5.97 Å². The van der Waals surface area contributed by atoms with E-state index in [1.54, 1.807) is 0 Å². The number of H-pyrrole nitrogens is 1. The summed E-state index contributed by atoms with van der Waals surface area (Å²) in [6, 6.07) is 0.418. The smallest absolute Gasteiger partial charge is 0.308 e. The lowest BCUT2D eigenvalue weighted by atomic mass is 9.80. The molecule has 1 aliphatic carbocycles. The maximum absolute atomic E-state index is 12.0. The van der Waals surface area contributed by atoms with Gasteiger partial charge in [-0.05, 0) is 51.5 Å². The molecule has 128 valence electrons. The van der Waals surface area contributed by atoms with Gasteiger partial charge in [-0.15, -0.1) is 0 Å². The van der Waals surface area contributed by atoms with Gasteiger partial charge in [-0.2, -0.15) is 0 Å². The summed E-state index contributed by atoms with van der Waals surface area (Å²) in [5, 5.41) is 0. The average molecular weight is 319 g/mol. The highest BCUT2D eigenvalue weighted by Gasteiger charge is 2.32. The van der Waals surface area contributed by atoms with Crippen LogP contribution in [-0.2, 0) is 9.53 Å². The van der Waals surface area contributed by atoms with Crippen molar-refractivity contribution in [3.8, 4) is 0 Å². The summed E-state index contributed by atoms with van der Waals surface area (Å²) >= 11 is 0. The second-order valence-corrected chi connectivity index (χ2v) is 6.96. The quantitative estimate of drug-likeness (QED) is 0.846. The van der Waals surface area contributed by atoms with Crippen LogP contribution in [0.25, 0.3) is 0 Å². The number of imidazole rings is 1. The standard InChI is InChI=1S/C18H29N3O2/c1-2-23-18(22)15-7-5-6-14(12-15)13-21-11-4-3-8-16(21)17-19-9-10-20-17/h9-10,14-16H,2-8,11-13H2,1H3,(H,19,20)/t14-,15+,16+/m0/s1. The molecule has 1 saturated carbocycles. The van der Waals surface area contributed by atoms with Crippen LogP contribution in [0.4, 0.5) is 0 Å². The third kappa shape index (κ3) is 4.14. The minimum atomic E-state index is 0.0124. The Morgan fingerprint density at radius 2 is 2.26 bits per heavy atom. The fourth-order valence-corrected chi connectivity index (χ4v) is 4.24. The van der Waals surface area contributed by atoms with Gasteiger partial charge in [0.05, 0.1) is 18.6 Å². The van der Waals surface area contributed by atoms with Gasteiger partial charge in [-0.3, -0.25) is 9.69 Å². The zero-order valence-electron chi connectivity index (χ0n) is 14.2. The summed E-state index contributed by atoms with van der Waals surface area (Å²) in [5.74, 6) is 1.83. The Kier molecular flexibility index (Phi) is 5.70. The fraction of sp³-hybridized carbons (Fsp3) is 0.778. The Labute approximate surface area is 138 Å². The highest BCUT2D eigenvalue weighted by atomic mass is 16.5. The minimum Gasteiger partial charge on any atom is -0.466 e. The van der Waals surface area contributed by atoms with E-state index in [4.69, 9.17) is 4.74 Å². The maximum atomic E-state index is 12.0. The Morgan fingerprint density at radius 3 is 3.04 bits per heavy atom. The van der Waals surface area contributed by atoms with E-state index in [2.05, 4.69) is 14.9 Å². The number of esters is 1. The van der Waals surface area contributed by atoms with Crippen LogP contribution >= 0.6 is 0 Å². The SMILES string of the molecule is CCOC(=O)[C@@H]1CCC[C@H](CN2CCCC[C@@H]2c2ncc[nH]2)C1. The van der Waals surface area contributed by atoms with Crippen molar-refractivity contribution in [2.24, 2.45) is 11.8 Å². The number of aromatic amines is 1. The number of nitrogens with zero attached hydrogens (tertiary/aromatic N) is 2. The summed E-state index contributed by atoms with van der Waals surface area (Å²) in [6.45, 7) is 4.61. The first kappa shape index (κ1) is 16.5. The molecule has 0 spiro atoms.